The number of allylic oxidation sites excluding steroid dienone is 5. The zero-order valence-corrected chi connectivity index (χ0v) is 24.4. The highest BCUT2D eigenvalue weighted by Crippen LogP contribution is 2.58. The van der Waals surface area contributed by atoms with E-state index in [0.29, 0.717) is 5.69 Å². The molecule has 2 heterocycles. The van der Waals surface area contributed by atoms with E-state index in [9.17, 15) is 5.26 Å². The van der Waals surface area contributed by atoms with E-state index in [1.165, 1.54) is 38.6 Å². The molecule has 0 N–H and O–H groups in total. The molecule has 0 amide bonds. The normalized spacial score (nSPS) is 15.6. The molecular formula is C41H29N3. The Morgan fingerprint density at radius 1 is 0.795 bits per heavy atom. The van der Waals surface area contributed by atoms with E-state index in [0.717, 1.165) is 28.1 Å². The van der Waals surface area contributed by atoms with Gasteiger partial charge in [0.2, 0.25) is 0 Å². The second kappa shape index (κ2) is 11.1. The zero-order valence-electron chi connectivity index (χ0n) is 24.4. The topological polar surface area (TPSA) is 49.6 Å². The average Bonchev–Trinajstić information content (AvgIpc) is 3.39. The molecule has 1 unspecified atom stereocenters. The van der Waals surface area contributed by atoms with Crippen molar-refractivity contribution in [1.82, 2.24) is 9.97 Å². The Kier molecular flexibility index (Phi) is 6.81. The third kappa shape index (κ3) is 4.20. The van der Waals surface area contributed by atoms with Crippen LogP contribution in [0.3, 0.4) is 0 Å². The van der Waals surface area contributed by atoms with Gasteiger partial charge in [0.25, 0.3) is 0 Å². The second-order valence-corrected chi connectivity index (χ2v) is 10.9. The first-order chi connectivity index (χ1) is 21.7. The molecule has 0 spiro atoms. The highest BCUT2D eigenvalue weighted by Gasteiger charge is 2.47. The lowest BCUT2D eigenvalue weighted by molar-refractivity contribution is 0.767. The fraction of sp³-hybridized carbons (Fsp3) is 0.0488. The monoisotopic (exact) mass is 563 g/mol. The highest BCUT2D eigenvalue weighted by molar-refractivity contribution is 6.04. The Morgan fingerprint density at radius 2 is 1.57 bits per heavy atom. The van der Waals surface area contributed by atoms with Gasteiger partial charge in [-0.25, -0.2) is 9.97 Å². The first-order valence-electron chi connectivity index (χ1n) is 14.7. The van der Waals surface area contributed by atoms with Gasteiger partial charge in [-0.05, 0) is 81.4 Å². The van der Waals surface area contributed by atoms with E-state index in [1.54, 1.807) is 12.3 Å². The Balaban J connectivity index is 1.54. The fourth-order valence-electron chi connectivity index (χ4n) is 6.75. The van der Waals surface area contributed by atoms with Crippen molar-refractivity contribution in [2.45, 2.75) is 12.3 Å². The van der Waals surface area contributed by atoms with Crippen LogP contribution in [0.4, 0.5) is 0 Å². The molecule has 0 radical (unpaired) electrons. The smallest absolute Gasteiger partial charge is 0.141 e. The van der Waals surface area contributed by atoms with Crippen molar-refractivity contribution in [2.24, 2.45) is 0 Å². The van der Waals surface area contributed by atoms with Crippen molar-refractivity contribution in [3.63, 3.8) is 0 Å². The zero-order chi connectivity index (χ0) is 30.1. The van der Waals surface area contributed by atoms with E-state index in [2.05, 4.69) is 128 Å². The van der Waals surface area contributed by atoms with Crippen LogP contribution in [0.15, 0.2) is 158 Å². The van der Waals surface area contributed by atoms with Crippen LogP contribution in [0.25, 0.3) is 44.4 Å². The minimum absolute atomic E-state index is 0.371. The van der Waals surface area contributed by atoms with E-state index in [1.807, 2.05) is 30.3 Å². The summed E-state index contributed by atoms with van der Waals surface area (Å²) in [4.78, 5) is 9.20. The van der Waals surface area contributed by atoms with Crippen molar-refractivity contribution in [1.29, 1.82) is 5.26 Å². The quantitative estimate of drug-likeness (QED) is 0.190. The summed E-state index contributed by atoms with van der Waals surface area (Å²) in [6.07, 6.45) is 10.0. The Morgan fingerprint density at radius 3 is 2.34 bits per heavy atom. The van der Waals surface area contributed by atoms with Crippen LogP contribution in [-0.2, 0) is 5.41 Å². The number of rotatable bonds is 6. The Labute approximate surface area is 257 Å². The number of pyridine rings is 2. The number of fused-ring (bicyclic) bond motifs is 5. The molecule has 4 aromatic carbocycles. The molecule has 1 aliphatic carbocycles. The Bertz CT molecular complexity index is 2160. The number of hydrogen-bond acceptors (Lipinski definition) is 3. The number of nitriles is 1. The van der Waals surface area contributed by atoms with E-state index >= 15 is 0 Å². The Hall–Kier alpha value is -5.85. The minimum Gasteiger partial charge on any atom is -0.248 e. The molecule has 7 rings (SSSR count). The third-order valence-corrected chi connectivity index (χ3v) is 8.52. The number of hydrogen-bond donors (Lipinski definition) is 0. The largest absolute Gasteiger partial charge is 0.248 e. The maximum absolute atomic E-state index is 9.39. The molecule has 44 heavy (non-hydrogen) atoms. The highest BCUT2D eigenvalue weighted by atomic mass is 14.7. The minimum atomic E-state index is -0.572. The first kappa shape index (κ1) is 27.0. The standard InChI is InChI=1S/C41H29N3/c1-3-11-31(12-4-2)41(32-14-6-5-7-15-32)36-22-20-28-13-8-9-16-34(28)40(36)35-21-19-29(26-37(35)41)38-17-10-18-39(44-38)30-23-24-43-33(25-30)27-42/h3-26H,1H2,2H3/b12-4-,31-11+. The van der Waals surface area contributed by atoms with Gasteiger partial charge in [0.1, 0.15) is 11.8 Å². The summed E-state index contributed by atoms with van der Waals surface area (Å²) in [5.74, 6) is 0. The van der Waals surface area contributed by atoms with Gasteiger partial charge in [0.15, 0.2) is 0 Å². The van der Waals surface area contributed by atoms with Gasteiger partial charge in [-0.2, -0.15) is 5.26 Å². The molecule has 6 aromatic rings. The molecule has 1 atom stereocenters. The summed E-state index contributed by atoms with van der Waals surface area (Å²) in [5.41, 5.74) is 10.6. The van der Waals surface area contributed by atoms with E-state index in [-0.39, 0.29) is 0 Å². The molecule has 0 saturated heterocycles. The number of nitrogens with zero attached hydrogens (tertiary/aromatic N) is 3. The molecular weight excluding hydrogens is 534 g/mol. The third-order valence-electron chi connectivity index (χ3n) is 8.52. The second-order valence-electron chi connectivity index (χ2n) is 10.9. The molecule has 0 saturated carbocycles. The molecule has 1 aliphatic rings. The average molecular weight is 564 g/mol. The van der Waals surface area contributed by atoms with Crippen LogP contribution in [-0.4, -0.2) is 9.97 Å². The molecule has 0 bridgehead atoms. The predicted molar refractivity (Wildman–Crippen MR) is 180 cm³/mol. The maximum atomic E-state index is 9.39. The predicted octanol–water partition coefficient (Wildman–Crippen LogP) is 9.84. The first-order valence-corrected chi connectivity index (χ1v) is 14.7. The van der Waals surface area contributed by atoms with Crippen LogP contribution < -0.4 is 0 Å². The SMILES string of the molecule is C=C/C=C(\C=C/C)C1(c2ccccc2)c2cc(-c3cccc(-c4ccnc(C#N)c4)n3)ccc2-c2c1ccc1ccccc21. The maximum Gasteiger partial charge on any atom is 0.141 e. The summed E-state index contributed by atoms with van der Waals surface area (Å²) in [7, 11) is 0. The molecule has 3 nitrogen and oxygen atoms in total. The van der Waals surface area contributed by atoms with Crippen LogP contribution in [0.5, 0.6) is 0 Å². The van der Waals surface area contributed by atoms with E-state index < -0.39 is 5.41 Å². The summed E-state index contributed by atoms with van der Waals surface area (Å²) in [6, 6.07) is 42.6. The van der Waals surface area contributed by atoms with Crippen LogP contribution in [0, 0.1) is 11.3 Å². The van der Waals surface area contributed by atoms with E-state index in [4.69, 9.17) is 4.98 Å². The lowest BCUT2D eigenvalue weighted by Gasteiger charge is -2.35. The van der Waals surface area contributed by atoms with Gasteiger partial charge in [-0.15, -0.1) is 0 Å². The summed E-state index contributed by atoms with van der Waals surface area (Å²) in [5, 5.41) is 11.8. The fourth-order valence-corrected chi connectivity index (χ4v) is 6.75. The molecule has 0 aliphatic heterocycles. The van der Waals surface area contributed by atoms with Gasteiger partial charge in [-0.1, -0.05) is 116 Å². The van der Waals surface area contributed by atoms with Gasteiger partial charge in [0.05, 0.1) is 16.8 Å². The summed E-state index contributed by atoms with van der Waals surface area (Å²) in [6.45, 7) is 6.18. The lowest BCUT2D eigenvalue weighted by atomic mass is 9.66. The number of benzene rings is 4. The van der Waals surface area contributed by atoms with Gasteiger partial charge < -0.3 is 0 Å². The van der Waals surface area contributed by atoms with Crippen LogP contribution >= 0.6 is 0 Å². The molecule has 3 heteroatoms. The lowest BCUT2D eigenvalue weighted by Crippen LogP contribution is -2.29. The molecule has 2 aromatic heterocycles. The summed E-state index contributed by atoms with van der Waals surface area (Å²) >= 11 is 0. The van der Waals surface area contributed by atoms with Gasteiger partial charge in [-0.3, -0.25) is 0 Å². The van der Waals surface area contributed by atoms with Gasteiger partial charge >= 0.3 is 0 Å². The van der Waals surface area contributed by atoms with Crippen molar-refractivity contribution in [3.8, 4) is 39.7 Å². The molecule has 208 valence electrons. The number of aromatic nitrogens is 2. The van der Waals surface area contributed by atoms with Gasteiger partial charge in [0, 0.05) is 17.3 Å². The van der Waals surface area contributed by atoms with Crippen molar-refractivity contribution >= 4 is 10.8 Å². The van der Waals surface area contributed by atoms with Crippen molar-refractivity contribution in [2.75, 3.05) is 0 Å². The van der Waals surface area contributed by atoms with Crippen molar-refractivity contribution in [3.05, 3.63) is 180 Å². The van der Waals surface area contributed by atoms with Crippen LogP contribution in [0.2, 0.25) is 0 Å². The van der Waals surface area contributed by atoms with Crippen LogP contribution in [0.1, 0.15) is 29.3 Å². The molecule has 0 fully saturated rings. The summed E-state index contributed by atoms with van der Waals surface area (Å²) < 4.78 is 0. The van der Waals surface area contributed by atoms with Crippen molar-refractivity contribution < 1.29 is 0 Å².